The maximum Gasteiger partial charge on any atom is 0.0642 e. The zero-order valence-electron chi connectivity index (χ0n) is 8.95. The number of hydrogen-bond acceptors (Lipinski definition) is 3. The lowest BCUT2D eigenvalue weighted by atomic mass is 10.2. The molecule has 1 aliphatic carbocycles. The van der Waals surface area contributed by atoms with Gasteiger partial charge in [0.2, 0.25) is 0 Å². The first-order valence-electron chi connectivity index (χ1n) is 5.52. The molecular formula is C12H13IN2O. The fourth-order valence-electron chi connectivity index (χ4n) is 2.14. The topological polar surface area (TPSA) is 25.4 Å². The molecule has 0 unspecified atom stereocenters. The first-order valence-corrected chi connectivity index (χ1v) is 6.60. The summed E-state index contributed by atoms with van der Waals surface area (Å²) in [4.78, 5) is 6.89. The van der Waals surface area contributed by atoms with Crippen LogP contribution in [0.4, 0.5) is 5.69 Å². The molecule has 0 N–H and O–H groups in total. The van der Waals surface area contributed by atoms with Gasteiger partial charge in [-0.15, -0.1) is 0 Å². The van der Waals surface area contributed by atoms with Crippen molar-refractivity contribution in [2.24, 2.45) is 0 Å². The van der Waals surface area contributed by atoms with Crippen molar-refractivity contribution in [2.75, 3.05) is 31.2 Å². The SMILES string of the molecule is IC1=CCc2ncc(N3CCOCC3)cc21. The van der Waals surface area contributed by atoms with Gasteiger partial charge in [0.25, 0.3) is 0 Å². The third-order valence-electron chi connectivity index (χ3n) is 3.06. The highest BCUT2D eigenvalue weighted by Crippen LogP contribution is 2.33. The lowest BCUT2D eigenvalue weighted by molar-refractivity contribution is 0.122. The number of nitrogens with zero attached hydrogens (tertiary/aromatic N) is 2. The van der Waals surface area contributed by atoms with E-state index in [2.05, 4.69) is 44.6 Å². The van der Waals surface area contributed by atoms with Gasteiger partial charge >= 0.3 is 0 Å². The second-order valence-corrected chi connectivity index (χ2v) is 5.21. The van der Waals surface area contributed by atoms with Crippen LogP contribution < -0.4 is 4.90 Å². The Labute approximate surface area is 109 Å². The van der Waals surface area contributed by atoms with E-state index in [0.29, 0.717) is 0 Å². The van der Waals surface area contributed by atoms with Crippen molar-refractivity contribution in [3.8, 4) is 0 Å². The van der Waals surface area contributed by atoms with Gasteiger partial charge < -0.3 is 9.64 Å². The Bertz CT molecular complexity index is 439. The molecule has 3 rings (SSSR count). The molecule has 0 radical (unpaired) electrons. The molecule has 3 nitrogen and oxygen atoms in total. The molecule has 0 saturated carbocycles. The summed E-state index contributed by atoms with van der Waals surface area (Å²) >= 11 is 2.39. The van der Waals surface area contributed by atoms with Crippen LogP contribution in [0.2, 0.25) is 0 Å². The smallest absolute Gasteiger partial charge is 0.0642 e. The third-order valence-corrected chi connectivity index (χ3v) is 4.09. The summed E-state index contributed by atoms with van der Waals surface area (Å²) in [6, 6.07) is 2.26. The molecule has 0 atom stereocenters. The summed E-state index contributed by atoms with van der Waals surface area (Å²) in [5, 5.41) is 0. The molecule has 16 heavy (non-hydrogen) atoms. The number of aromatic nitrogens is 1. The van der Waals surface area contributed by atoms with Crippen molar-refractivity contribution in [2.45, 2.75) is 6.42 Å². The van der Waals surface area contributed by atoms with Gasteiger partial charge in [-0.2, -0.15) is 0 Å². The fraction of sp³-hybridized carbons (Fsp3) is 0.417. The average Bonchev–Trinajstić information content (AvgIpc) is 2.72. The summed E-state index contributed by atoms with van der Waals surface area (Å²) in [5.41, 5.74) is 3.75. The zero-order chi connectivity index (χ0) is 11.0. The van der Waals surface area contributed by atoms with E-state index in [9.17, 15) is 0 Å². The monoisotopic (exact) mass is 328 g/mol. The van der Waals surface area contributed by atoms with Crippen molar-refractivity contribution in [3.05, 3.63) is 29.6 Å². The molecule has 0 amide bonds. The van der Waals surface area contributed by atoms with Gasteiger partial charge in [-0.25, -0.2) is 0 Å². The number of morpholine rings is 1. The number of allylic oxidation sites excluding steroid dienone is 1. The van der Waals surface area contributed by atoms with Crippen LogP contribution in [0, 0.1) is 0 Å². The largest absolute Gasteiger partial charge is 0.378 e. The summed E-state index contributed by atoms with van der Waals surface area (Å²) in [7, 11) is 0. The second kappa shape index (κ2) is 4.33. The van der Waals surface area contributed by atoms with E-state index in [1.165, 1.54) is 20.5 Å². The van der Waals surface area contributed by atoms with Gasteiger partial charge in [-0.3, -0.25) is 4.98 Å². The Morgan fingerprint density at radius 1 is 1.31 bits per heavy atom. The van der Waals surface area contributed by atoms with Crippen molar-refractivity contribution >= 4 is 31.9 Å². The molecule has 1 aliphatic heterocycles. The van der Waals surface area contributed by atoms with E-state index < -0.39 is 0 Å². The van der Waals surface area contributed by atoms with Crippen molar-refractivity contribution in [1.29, 1.82) is 0 Å². The number of hydrogen-bond donors (Lipinski definition) is 0. The lowest BCUT2D eigenvalue weighted by Gasteiger charge is -2.28. The normalized spacial score (nSPS) is 19.6. The number of pyridine rings is 1. The molecule has 84 valence electrons. The van der Waals surface area contributed by atoms with Gasteiger partial charge in [-0.05, 0) is 28.7 Å². The van der Waals surface area contributed by atoms with Gasteiger partial charge in [0.05, 0.1) is 30.8 Å². The second-order valence-electron chi connectivity index (χ2n) is 4.04. The predicted octanol–water partition coefficient (Wildman–Crippen LogP) is 2.25. The first-order chi connectivity index (χ1) is 7.84. The Kier molecular flexibility index (Phi) is 2.85. The minimum absolute atomic E-state index is 0.823. The molecule has 2 heterocycles. The molecule has 1 aromatic heterocycles. The predicted molar refractivity (Wildman–Crippen MR) is 73.0 cm³/mol. The van der Waals surface area contributed by atoms with Gasteiger partial charge in [-0.1, -0.05) is 6.08 Å². The van der Waals surface area contributed by atoms with Crippen LogP contribution in [0.1, 0.15) is 11.3 Å². The molecule has 0 aromatic carbocycles. The quantitative estimate of drug-likeness (QED) is 0.740. The first kappa shape index (κ1) is 10.5. The minimum atomic E-state index is 0.823. The van der Waals surface area contributed by atoms with Crippen LogP contribution in [0.25, 0.3) is 3.58 Å². The summed E-state index contributed by atoms with van der Waals surface area (Å²) in [5.74, 6) is 0. The third kappa shape index (κ3) is 1.84. The van der Waals surface area contributed by atoms with Crippen LogP contribution in [0.15, 0.2) is 18.3 Å². The van der Waals surface area contributed by atoms with E-state index >= 15 is 0 Å². The van der Waals surface area contributed by atoms with Crippen LogP contribution in [0.5, 0.6) is 0 Å². The average molecular weight is 328 g/mol. The summed E-state index contributed by atoms with van der Waals surface area (Å²) < 4.78 is 6.69. The van der Waals surface area contributed by atoms with E-state index in [4.69, 9.17) is 4.74 Å². The Morgan fingerprint density at radius 2 is 2.12 bits per heavy atom. The Hall–Kier alpha value is -0.620. The summed E-state index contributed by atoms with van der Waals surface area (Å²) in [6.45, 7) is 3.59. The molecule has 2 aliphatic rings. The molecule has 4 heteroatoms. The van der Waals surface area contributed by atoms with E-state index in [0.717, 1.165) is 32.7 Å². The van der Waals surface area contributed by atoms with Gasteiger partial charge in [0, 0.05) is 28.7 Å². The highest BCUT2D eigenvalue weighted by atomic mass is 127. The zero-order valence-corrected chi connectivity index (χ0v) is 11.1. The number of ether oxygens (including phenoxy) is 1. The standard InChI is InChI=1S/C12H13IN2O/c13-11-1-2-12-10(11)7-9(8-14-12)15-3-5-16-6-4-15/h1,7-8H,2-6H2. The Morgan fingerprint density at radius 3 is 2.94 bits per heavy atom. The number of rotatable bonds is 1. The minimum Gasteiger partial charge on any atom is -0.378 e. The van der Waals surface area contributed by atoms with Crippen LogP contribution in [-0.2, 0) is 11.2 Å². The fourth-order valence-corrected chi connectivity index (χ4v) is 2.83. The van der Waals surface area contributed by atoms with Crippen LogP contribution >= 0.6 is 22.6 Å². The number of anilines is 1. The molecular weight excluding hydrogens is 315 g/mol. The lowest BCUT2D eigenvalue weighted by Crippen LogP contribution is -2.36. The van der Waals surface area contributed by atoms with Crippen molar-refractivity contribution < 1.29 is 4.74 Å². The molecule has 0 spiro atoms. The van der Waals surface area contributed by atoms with Crippen LogP contribution in [-0.4, -0.2) is 31.3 Å². The van der Waals surface area contributed by atoms with Crippen molar-refractivity contribution in [3.63, 3.8) is 0 Å². The molecule has 1 saturated heterocycles. The highest BCUT2D eigenvalue weighted by Gasteiger charge is 2.17. The van der Waals surface area contributed by atoms with E-state index in [1.807, 2.05) is 6.20 Å². The van der Waals surface area contributed by atoms with Crippen LogP contribution in [0.3, 0.4) is 0 Å². The molecule has 1 fully saturated rings. The van der Waals surface area contributed by atoms with Gasteiger partial charge in [0.15, 0.2) is 0 Å². The van der Waals surface area contributed by atoms with Crippen molar-refractivity contribution in [1.82, 2.24) is 4.98 Å². The maximum atomic E-state index is 5.36. The Balaban J connectivity index is 1.91. The maximum absolute atomic E-state index is 5.36. The molecule has 0 bridgehead atoms. The summed E-state index contributed by atoms with van der Waals surface area (Å²) in [6.07, 6.45) is 5.21. The van der Waals surface area contributed by atoms with E-state index in [-0.39, 0.29) is 0 Å². The van der Waals surface area contributed by atoms with Gasteiger partial charge in [0.1, 0.15) is 0 Å². The number of fused-ring (bicyclic) bond motifs is 1. The number of halogens is 1. The molecule has 1 aromatic rings. The highest BCUT2D eigenvalue weighted by molar-refractivity contribution is 14.1. The van der Waals surface area contributed by atoms with E-state index in [1.54, 1.807) is 0 Å².